The summed E-state index contributed by atoms with van der Waals surface area (Å²) in [7, 11) is -3.34. The lowest BCUT2D eigenvalue weighted by Gasteiger charge is -2.35. The molecule has 0 atom stereocenters. The van der Waals surface area contributed by atoms with Gasteiger partial charge in [-0.3, -0.25) is 4.79 Å². The predicted octanol–water partition coefficient (Wildman–Crippen LogP) is 1.32. The number of carbonyl (C=O) groups excluding carboxylic acids is 1. The molecule has 6 nitrogen and oxygen atoms in total. The average Bonchev–Trinajstić information content (AvgIpc) is 2.54. The third-order valence-electron chi connectivity index (χ3n) is 3.81. The van der Waals surface area contributed by atoms with E-state index in [9.17, 15) is 13.2 Å². The van der Waals surface area contributed by atoms with Crippen LogP contribution in [0, 0.1) is 0 Å². The van der Waals surface area contributed by atoms with Gasteiger partial charge in [0, 0.05) is 49.9 Å². The number of piperazine rings is 1. The topological polar surface area (TPSA) is 69.7 Å². The fourth-order valence-electron chi connectivity index (χ4n) is 2.47. The molecule has 1 amide bonds. The van der Waals surface area contributed by atoms with Gasteiger partial charge in [-0.25, -0.2) is 8.42 Å². The molecule has 8 heteroatoms. The third-order valence-corrected chi connectivity index (χ3v) is 5.92. The molecule has 23 heavy (non-hydrogen) atoms. The molecule has 0 aliphatic carbocycles. The van der Waals surface area contributed by atoms with Crippen molar-refractivity contribution in [2.24, 2.45) is 0 Å². The minimum Gasteiger partial charge on any atom is -0.369 e. The predicted molar refractivity (Wildman–Crippen MR) is 92.3 cm³/mol. The Labute approximate surface area is 142 Å². The Morgan fingerprint density at radius 3 is 2.57 bits per heavy atom. The highest BCUT2D eigenvalue weighted by Gasteiger charge is 2.26. The van der Waals surface area contributed by atoms with Crippen LogP contribution in [0.25, 0.3) is 0 Å². The standard InChI is InChI=1S/C15H22ClN3O3S/c1-2-15(20)17-6-11-23(21,22)19-9-7-18(8-10-19)14-5-3-4-13(16)12-14/h3-5,12H,2,6-11H2,1H3,(H,17,20). The van der Waals surface area contributed by atoms with Crippen LogP contribution in [0.1, 0.15) is 13.3 Å². The summed E-state index contributed by atoms with van der Waals surface area (Å²) in [6, 6.07) is 7.55. The molecule has 128 valence electrons. The Bertz CT molecular complexity index is 643. The quantitative estimate of drug-likeness (QED) is 0.831. The summed E-state index contributed by atoms with van der Waals surface area (Å²) >= 11 is 5.99. The summed E-state index contributed by atoms with van der Waals surface area (Å²) in [6.45, 7) is 4.03. The Morgan fingerprint density at radius 2 is 1.96 bits per heavy atom. The molecular weight excluding hydrogens is 338 g/mol. The second-order valence-corrected chi connectivity index (χ2v) is 7.91. The number of carbonyl (C=O) groups is 1. The first-order valence-corrected chi connectivity index (χ1v) is 9.66. The highest BCUT2D eigenvalue weighted by atomic mass is 35.5. The Morgan fingerprint density at radius 1 is 1.26 bits per heavy atom. The van der Waals surface area contributed by atoms with E-state index in [0.29, 0.717) is 37.6 Å². The molecule has 0 aromatic heterocycles. The molecule has 1 aromatic rings. The molecule has 1 aliphatic rings. The molecular formula is C15H22ClN3O3S. The van der Waals surface area contributed by atoms with Crippen LogP contribution in [0.2, 0.25) is 5.02 Å². The number of benzene rings is 1. The molecule has 1 aliphatic heterocycles. The summed E-state index contributed by atoms with van der Waals surface area (Å²) < 4.78 is 26.1. The first kappa shape index (κ1) is 18.0. The van der Waals surface area contributed by atoms with E-state index in [4.69, 9.17) is 11.6 Å². The van der Waals surface area contributed by atoms with E-state index in [0.717, 1.165) is 5.69 Å². The molecule has 1 saturated heterocycles. The lowest BCUT2D eigenvalue weighted by atomic mass is 10.2. The second kappa shape index (κ2) is 7.99. The van der Waals surface area contributed by atoms with Gasteiger partial charge in [0.05, 0.1) is 5.75 Å². The van der Waals surface area contributed by atoms with Gasteiger partial charge in [-0.15, -0.1) is 0 Å². The van der Waals surface area contributed by atoms with Crippen molar-refractivity contribution in [3.8, 4) is 0 Å². The van der Waals surface area contributed by atoms with Crippen molar-refractivity contribution in [3.05, 3.63) is 29.3 Å². The lowest BCUT2D eigenvalue weighted by molar-refractivity contribution is -0.120. The number of sulfonamides is 1. The molecule has 1 fully saturated rings. The fraction of sp³-hybridized carbons (Fsp3) is 0.533. The lowest BCUT2D eigenvalue weighted by Crippen LogP contribution is -2.50. The van der Waals surface area contributed by atoms with Crippen LogP contribution in [0.4, 0.5) is 5.69 Å². The molecule has 1 N–H and O–H groups in total. The zero-order valence-corrected chi connectivity index (χ0v) is 14.7. The van der Waals surface area contributed by atoms with Crippen LogP contribution in [0.5, 0.6) is 0 Å². The van der Waals surface area contributed by atoms with Gasteiger partial charge >= 0.3 is 0 Å². The van der Waals surface area contributed by atoms with Gasteiger partial charge in [0.2, 0.25) is 15.9 Å². The Balaban J connectivity index is 1.86. The fourth-order valence-corrected chi connectivity index (χ4v) is 3.99. The average molecular weight is 360 g/mol. The molecule has 0 saturated carbocycles. The number of anilines is 1. The van der Waals surface area contributed by atoms with Crippen LogP contribution in [-0.4, -0.2) is 57.1 Å². The number of rotatable bonds is 6. The molecule has 2 rings (SSSR count). The SMILES string of the molecule is CCC(=O)NCCS(=O)(=O)N1CCN(c2cccc(Cl)c2)CC1. The number of nitrogens with one attached hydrogen (secondary N) is 1. The van der Waals surface area contributed by atoms with E-state index in [1.807, 2.05) is 24.3 Å². The van der Waals surface area contributed by atoms with Gasteiger partial charge in [-0.05, 0) is 18.2 Å². The van der Waals surface area contributed by atoms with Gasteiger partial charge in [0.1, 0.15) is 0 Å². The third kappa shape index (κ3) is 5.09. The largest absolute Gasteiger partial charge is 0.369 e. The molecule has 0 unspecified atom stereocenters. The van der Waals surface area contributed by atoms with E-state index < -0.39 is 10.0 Å². The Hall–Kier alpha value is -1.31. The second-order valence-electron chi connectivity index (χ2n) is 5.39. The maximum atomic E-state index is 12.3. The van der Waals surface area contributed by atoms with Crippen LogP contribution in [0.15, 0.2) is 24.3 Å². The van der Waals surface area contributed by atoms with Crippen LogP contribution >= 0.6 is 11.6 Å². The van der Waals surface area contributed by atoms with Crippen molar-refractivity contribution < 1.29 is 13.2 Å². The number of amides is 1. The molecule has 0 radical (unpaired) electrons. The first-order chi connectivity index (χ1) is 10.9. The first-order valence-electron chi connectivity index (χ1n) is 7.67. The van der Waals surface area contributed by atoms with E-state index in [1.54, 1.807) is 6.92 Å². The summed E-state index contributed by atoms with van der Waals surface area (Å²) in [5.74, 6) is -0.193. The highest BCUT2D eigenvalue weighted by molar-refractivity contribution is 7.89. The van der Waals surface area contributed by atoms with Gasteiger partial charge in [-0.2, -0.15) is 4.31 Å². The van der Waals surface area contributed by atoms with Crippen molar-refractivity contribution in [1.29, 1.82) is 0 Å². The molecule has 0 spiro atoms. The molecule has 1 aromatic carbocycles. The molecule has 1 heterocycles. The zero-order chi connectivity index (χ0) is 16.9. The van der Waals surface area contributed by atoms with Gasteiger partial charge in [0.15, 0.2) is 0 Å². The smallest absolute Gasteiger partial charge is 0.219 e. The summed E-state index contributed by atoms with van der Waals surface area (Å²) in [5.41, 5.74) is 1.00. The van der Waals surface area contributed by atoms with Crippen molar-refractivity contribution in [1.82, 2.24) is 9.62 Å². The number of hydrogen-bond donors (Lipinski definition) is 1. The van der Waals surface area contributed by atoms with Crippen LogP contribution < -0.4 is 10.2 Å². The zero-order valence-electron chi connectivity index (χ0n) is 13.2. The van der Waals surface area contributed by atoms with E-state index in [2.05, 4.69) is 10.2 Å². The highest BCUT2D eigenvalue weighted by Crippen LogP contribution is 2.21. The van der Waals surface area contributed by atoms with Crippen LogP contribution in [0.3, 0.4) is 0 Å². The van der Waals surface area contributed by atoms with Gasteiger partial charge in [-0.1, -0.05) is 24.6 Å². The van der Waals surface area contributed by atoms with Crippen molar-refractivity contribution in [2.75, 3.05) is 43.4 Å². The van der Waals surface area contributed by atoms with E-state index >= 15 is 0 Å². The van der Waals surface area contributed by atoms with E-state index in [-0.39, 0.29) is 18.2 Å². The monoisotopic (exact) mass is 359 g/mol. The molecule has 0 bridgehead atoms. The number of hydrogen-bond acceptors (Lipinski definition) is 4. The van der Waals surface area contributed by atoms with Gasteiger partial charge in [0.25, 0.3) is 0 Å². The maximum Gasteiger partial charge on any atom is 0.219 e. The van der Waals surface area contributed by atoms with Crippen molar-refractivity contribution in [2.45, 2.75) is 13.3 Å². The maximum absolute atomic E-state index is 12.3. The number of halogens is 1. The Kier molecular flexibility index (Phi) is 6.26. The number of nitrogens with zero attached hydrogens (tertiary/aromatic N) is 2. The van der Waals surface area contributed by atoms with E-state index in [1.165, 1.54) is 4.31 Å². The summed E-state index contributed by atoms with van der Waals surface area (Å²) in [6.07, 6.45) is 0.359. The normalized spacial score (nSPS) is 16.3. The minimum absolute atomic E-state index is 0.0596. The summed E-state index contributed by atoms with van der Waals surface area (Å²) in [5, 5.41) is 3.27. The van der Waals surface area contributed by atoms with Crippen molar-refractivity contribution >= 4 is 33.2 Å². The van der Waals surface area contributed by atoms with Gasteiger partial charge < -0.3 is 10.2 Å². The summed E-state index contributed by atoms with van der Waals surface area (Å²) in [4.78, 5) is 13.3. The van der Waals surface area contributed by atoms with Crippen LogP contribution in [-0.2, 0) is 14.8 Å². The van der Waals surface area contributed by atoms with Crippen molar-refractivity contribution in [3.63, 3.8) is 0 Å². The minimum atomic E-state index is -3.34.